The van der Waals surface area contributed by atoms with Crippen LogP contribution in [0.1, 0.15) is 26.6 Å². The summed E-state index contributed by atoms with van der Waals surface area (Å²) in [5, 5.41) is 5.21. The van der Waals surface area contributed by atoms with E-state index in [0.717, 1.165) is 11.3 Å². The van der Waals surface area contributed by atoms with Gasteiger partial charge in [-0.25, -0.2) is 8.42 Å². The van der Waals surface area contributed by atoms with Gasteiger partial charge in [0, 0.05) is 6.07 Å². The number of hydrogen-bond donors (Lipinski definition) is 3. The van der Waals surface area contributed by atoms with Crippen molar-refractivity contribution in [2.75, 3.05) is 4.72 Å². The van der Waals surface area contributed by atoms with Gasteiger partial charge in [0.2, 0.25) is 5.76 Å². The first-order chi connectivity index (χ1) is 12.9. The van der Waals surface area contributed by atoms with Crippen LogP contribution in [0.3, 0.4) is 0 Å². The van der Waals surface area contributed by atoms with Gasteiger partial charge in [0.1, 0.15) is 4.21 Å². The lowest BCUT2D eigenvalue weighted by atomic mass is 10.2. The molecule has 2 amide bonds. The number of carbonyl (C=O) groups excluding carboxylic acids is 2. The van der Waals surface area contributed by atoms with Crippen LogP contribution in [0.5, 0.6) is 0 Å². The molecule has 1 aromatic carbocycles. The zero-order chi connectivity index (χ0) is 19.4. The molecule has 9 nitrogen and oxygen atoms in total. The lowest BCUT2D eigenvalue weighted by Crippen LogP contribution is -2.41. The van der Waals surface area contributed by atoms with E-state index < -0.39 is 21.8 Å². The van der Waals surface area contributed by atoms with Gasteiger partial charge in [-0.15, -0.1) is 11.3 Å². The van der Waals surface area contributed by atoms with Gasteiger partial charge in [0.05, 0.1) is 16.9 Å². The Balaban J connectivity index is 1.73. The number of rotatable bonds is 5. The van der Waals surface area contributed by atoms with E-state index in [1.54, 1.807) is 30.5 Å². The van der Waals surface area contributed by atoms with Crippen molar-refractivity contribution in [1.29, 1.82) is 0 Å². The van der Waals surface area contributed by atoms with Crippen molar-refractivity contribution in [3.05, 3.63) is 64.9 Å². The van der Waals surface area contributed by atoms with Crippen molar-refractivity contribution in [3.63, 3.8) is 0 Å². The number of hydrazine groups is 1. The number of para-hydroxylation sites is 1. The Morgan fingerprint density at radius 3 is 2.48 bits per heavy atom. The number of nitrogens with one attached hydrogen (secondary N) is 3. The van der Waals surface area contributed by atoms with Crippen LogP contribution >= 0.6 is 11.3 Å². The molecular weight excluding hydrogens is 392 g/mol. The van der Waals surface area contributed by atoms with Crippen LogP contribution in [0.4, 0.5) is 5.69 Å². The minimum Gasteiger partial charge on any atom is -0.351 e. The van der Waals surface area contributed by atoms with Crippen LogP contribution in [0.2, 0.25) is 0 Å². The summed E-state index contributed by atoms with van der Waals surface area (Å²) in [5.74, 6) is -1.47. The minimum atomic E-state index is -3.82. The van der Waals surface area contributed by atoms with E-state index in [-0.39, 0.29) is 21.2 Å². The van der Waals surface area contributed by atoms with Gasteiger partial charge in [-0.3, -0.25) is 25.2 Å². The molecule has 3 aromatic rings. The highest BCUT2D eigenvalue weighted by molar-refractivity contribution is 7.94. The third-order valence-corrected chi connectivity index (χ3v) is 6.08. The molecule has 0 saturated carbocycles. The van der Waals surface area contributed by atoms with Crippen molar-refractivity contribution in [3.8, 4) is 0 Å². The molecule has 140 valence electrons. The fourth-order valence-electron chi connectivity index (χ4n) is 2.09. The quantitative estimate of drug-likeness (QED) is 0.555. The molecule has 3 N–H and O–H groups in total. The summed E-state index contributed by atoms with van der Waals surface area (Å²) in [4.78, 5) is 24.3. The Morgan fingerprint density at radius 1 is 1.07 bits per heavy atom. The Kier molecular flexibility index (Phi) is 5.23. The molecule has 0 aliphatic rings. The molecule has 0 spiro atoms. The molecule has 0 fully saturated rings. The van der Waals surface area contributed by atoms with Crippen LogP contribution in [0.25, 0.3) is 0 Å². The largest absolute Gasteiger partial charge is 0.351 e. The topological polar surface area (TPSA) is 130 Å². The summed E-state index contributed by atoms with van der Waals surface area (Å²) in [6.07, 6.45) is 0. The fourth-order valence-corrected chi connectivity index (χ4v) is 4.17. The predicted molar refractivity (Wildman–Crippen MR) is 97.7 cm³/mol. The third-order valence-electron chi connectivity index (χ3n) is 3.32. The van der Waals surface area contributed by atoms with Crippen LogP contribution in [0.15, 0.2) is 56.6 Å². The number of sulfonamides is 1. The molecule has 3 rings (SSSR count). The number of aromatic nitrogens is 1. The zero-order valence-electron chi connectivity index (χ0n) is 13.9. The summed E-state index contributed by atoms with van der Waals surface area (Å²) in [6.45, 7) is 1.65. The number of thiophene rings is 1. The van der Waals surface area contributed by atoms with E-state index in [0.29, 0.717) is 5.69 Å². The maximum absolute atomic E-state index is 12.4. The van der Waals surface area contributed by atoms with E-state index >= 15 is 0 Å². The standard InChI is InChI=1S/C16H14N4O5S2/c1-10-9-13(25-19-10)16(22)18-17-15(21)11-5-2-3-6-12(11)20-27(23,24)14-7-4-8-26-14/h2-9,20H,1H3,(H,17,21)(H,18,22). The van der Waals surface area contributed by atoms with Gasteiger partial charge in [-0.2, -0.15) is 0 Å². The average molecular weight is 406 g/mol. The van der Waals surface area contributed by atoms with E-state index in [9.17, 15) is 18.0 Å². The Hall–Kier alpha value is -3.18. The molecule has 0 radical (unpaired) electrons. The number of amides is 2. The Morgan fingerprint density at radius 2 is 1.81 bits per heavy atom. The summed E-state index contributed by atoms with van der Waals surface area (Å²) < 4.78 is 32.0. The minimum absolute atomic E-state index is 0.0340. The van der Waals surface area contributed by atoms with Gasteiger partial charge < -0.3 is 4.52 Å². The van der Waals surface area contributed by atoms with Crippen molar-refractivity contribution in [2.45, 2.75) is 11.1 Å². The summed E-state index contributed by atoms with van der Waals surface area (Å²) in [6, 6.07) is 10.5. The molecule has 0 bridgehead atoms. The second-order valence-corrected chi connectivity index (χ2v) is 8.18. The van der Waals surface area contributed by atoms with E-state index in [2.05, 4.69) is 20.7 Å². The first-order valence-corrected chi connectivity index (χ1v) is 9.92. The molecule has 0 saturated heterocycles. The number of carbonyl (C=O) groups is 2. The van der Waals surface area contributed by atoms with E-state index in [4.69, 9.17) is 4.52 Å². The lowest BCUT2D eigenvalue weighted by Gasteiger charge is -2.12. The third kappa shape index (κ3) is 4.33. The lowest BCUT2D eigenvalue weighted by molar-refractivity contribution is 0.0825. The predicted octanol–water partition coefficient (Wildman–Crippen LogP) is 1.92. The average Bonchev–Trinajstić information content (AvgIpc) is 3.31. The fraction of sp³-hybridized carbons (Fsp3) is 0.0625. The maximum Gasteiger partial charge on any atom is 0.308 e. The molecule has 0 aliphatic heterocycles. The van der Waals surface area contributed by atoms with E-state index in [1.165, 1.54) is 24.3 Å². The molecule has 0 unspecified atom stereocenters. The van der Waals surface area contributed by atoms with Gasteiger partial charge >= 0.3 is 5.91 Å². The maximum atomic E-state index is 12.4. The van der Waals surface area contributed by atoms with Crippen molar-refractivity contribution in [1.82, 2.24) is 16.0 Å². The highest BCUT2D eigenvalue weighted by atomic mass is 32.2. The molecular formula is C16H14N4O5S2. The van der Waals surface area contributed by atoms with Crippen LogP contribution in [0, 0.1) is 6.92 Å². The van der Waals surface area contributed by atoms with E-state index in [1.807, 2.05) is 0 Å². The second-order valence-electron chi connectivity index (χ2n) is 5.32. The number of nitrogens with zero attached hydrogens (tertiary/aromatic N) is 1. The normalized spacial score (nSPS) is 11.0. The Bertz CT molecular complexity index is 1070. The van der Waals surface area contributed by atoms with Crippen molar-refractivity contribution in [2.24, 2.45) is 0 Å². The summed E-state index contributed by atoms with van der Waals surface area (Å²) in [5.41, 5.74) is 5.01. The summed E-state index contributed by atoms with van der Waals surface area (Å²) >= 11 is 1.05. The molecule has 2 aromatic heterocycles. The molecule has 27 heavy (non-hydrogen) atoms. The highest BCUT2D eigenvalue weighted by Gasteiger charge is 2.20. The molecule has 0 atom stereocenters. The second kappa shape index (κ2) is 7.60. The number of benzene rings is 1. The van der Waals surface area contributed by atoms with Gasteiger partial charge in [0.25, 0.3) is 15.9 Å². The van der Waals surface area contributed by atoms with Crippen molar-refractivity contribution >= 4 is 38.9 Å². The van der Waals surface area contributed by atoms with Gasteiger partial charge in [-0.1, -0.05) is 23.4 Å². The SMILES string of the molecule is Cc1cc(C(=O)NNC(=O)c2ccccc2NS(=O)(=O)c2cccs2)on1. The van der Waals surface area contributed by atoms with Crippen LogP contribution < -0.4 is 15.6 Å². The Labute approximate surface area is 158 Å². The first kappa shape index (κ1) is 18.6. The number of aryl methyl sites for hydroxylation is 1. The smallest absolute Gasteiger partial charge is 0.308 e. The molecule has 11 heteroatoms. The van der Waals surface area contributed by atoms with Crippen LogP contribution in [-0.4, -0.2) is 25.4 Å². The monoisotopic (exact) mass is 406 g/mol. The first-order valence-electron chi connectivity index (χ1n) is 7.56. The highest BCUT2D eigenvalue weighted by Crippen LogP contribution is 2.22. The van der Waals surface area contributed by atoms with Gasteiger partial charge in [-0.05, 0) is 30.5 Å². The number of hydrogen-bond acceptors (Lipinski definition) is 7. The number of anilines is 1. The molecule has 0 aliphatic carbocycles. The zero-order valence-corrected chi connectivity index (χ0v) is 15.6. The summed E-state index contributed by atoms with van der Waals surface area (Å²) in [7, 11) is -3.82. The van der Waals surface area contributed by atoms with Crippen molar-refractivity contribution < 1.29 is 22.5 Å². The molecule has 2 heterocycles. The van der Waals surface area contributed by atoms with Gasteiger partial charge in [0.15, 0.2) is 0 Å². The van der Waals surface area contributed by atoms with Crippen LogP contribution in [-0.2, 0) is 10.0 Å².